The van der Waals surface area contributed by atoms with Crippen molar-refractivity contribution in [1.29, 1.82) is 0 Å². The monoisotopic (exact) mass is 262 g/mol. The fourth-order valence-electron chi connectivity index (χ4n) is 3.68. The molecule has 0 unspecified atom stereocenters. The molecule has 2 heteroatoms. The number of rotatable bonds is 5. The summed E-state index contributed by atoms with van der Waals surface area (Å²) in [5.41, 5.74) is 3.42. The van der Waals surface area contributed by atoms with Crippen molar-refractivity contribution in [2.24, 2.45) is 11.3 Å². The number of aryl methyl sites for hydroxylation is 2. The van der Waals surface area contributed by atoms with E-state index in [1.807, 2.05) is 0 Å². The maximum absolute atomic E-state index is 9.88. The van der Waals surface area contributed by atoms with E-state index in [0.717, 1.165) is 19.3 Å². The molecule has 0 saturated heterocycles. The quantitative estimate of drug-likeness (QED) is 0.856. The first-order chi connectivity index (χ1) is 9.09. The summed E-state index contributed by atoms with van der Waals surface area (Å²) >= 11 is 0. The third kappa shape index (κ3) is 3.18. The van der Waals surface area contributed by atoms with E-state index < -0.39 is 0 Å². The van der Waals surface area contributed by atoms with Crippen LogP contribution < -0.4 is 0 Å². The van der Waals surface area contributed by atoms with Gasteiger partial charge in [0.25, 0.3) is 0 Å². The third-order valence-electron chi connectivity index (χ3n) is 4.69. The van der Waals surface area contributed by atoms with Gasteiger partial charge in [-0.2, -0.15) is 0 Å². The zero-order chi connectivity index (χ0) is 13.9. The summed E-state index contributed by atoms with van der Waals surface area (Å²) in [6, 6.07) is 6.53. The molecule has 2 N–H and O–H groups in total. The van der Waals surface area contributed by atoms with Gasteiger partial charge in [-0.1, -0.05) is 42.2 Å². The zero-order valence-corrected chi connectivity index (χ0v) is 12.2. The largest absolute Gasteiger partial charge is 0.396 e. The van der Waals surface area contributed by atoms with Gasteiger partial charge in [0.15, 0.2) is 0 Å². The maximum Gasteiger partial charge on any atom is 0.0515 e. The first kappa shape index (κ1) is 14.5. The Morgan fingerprint density at radius 2 is 1.53 bits per heavy atom. The van der Waals surface area contributed by atoms with Crippen LogP contribution in [-0.4, -0.2) is 23.4 Å². The van der Waals surface area contributed by atoms with Crippen molar-refractivity contribution in [3.05, 3.63) is 34.9 Å². The summed E-state index contributed by atoms with van der Waals surface area (Å²) in [5.74, 6) is 0.461. The molecule has 2 rings (SSSR count). The van der Waals surface area contributed by atoms with Crippen LogP contribution in [0.5, 0.6) is 0 Å². The van der Waals surface area contributed by atoms with Crippen LogP contribution in [0.2, 0.25) is 0 Å². The minimum atomic E-state index is -0.337. The highest BCUT2D eigenvalue weighted by Crippen LogP contribution is 2.42. The van der Waals surface area contributed by atoms with Crippen LogP contribution in [0.25, 0.3) is 0 Å². The Balaban J connectivity index is 2.24. The summed E-state index contributed by atoms with van der Waals surface area (Å²) in [7, 11) is 0. The first-order valence-corrected chi connectivity index (χ1v) is 7.38. The van der Waals surface area contributed by atoms with Gasteiger partial charge in [0, 0.05) is 5.41 Å². The Bertz CT molecular complexity index is 395. The lowest BCUT2D eigenvalue weighted by Crippen LogP contribution is -2.39. The van der Waals surface area contributed by atoms with E-state index in [2.05, 4.69) is 32.0 Å². The van der Waals surface area contributed by atoms with Crippen LogP contribution >= 0.6 is 0 Å². The van der Waals surface area contributed by atoms with Crippen molar-refractivity contribution in [3.63, 3.8) is 0 Å². The van der Waals surface area contributed by atoms with Crippen LogP contribution in [0.15, 0.2) is 18.2 Å². The molecule has 0 radical (unpaired) electrons. The van der Waals surface area contributed by atoms with Crippen LogP contribution in [0.4, 0.5) is 0 Å². The minimum absolute atomic E-state index is 0.0845. The van der Waals surface area contributed by atoms with Gasteiger partial charge in [-0.15, -0.1) is 0 Å². The van der Waals surface area contributed by atoms with Crippen LogP contribution in [0.1, 0.15) is 42.4 Å². The lowest BCUT2D eigenvalue weighted by Gasteiger charge is -2.36. The Hall–Kier alpha value is -0.860. The predicted octanol–water partition coefficient (Wildman–Crippen LogP) is 3.01. The van der Waals surface area contributed by atoms with E-state index >= 15 is 0 Å². The van der Waals surface area contributed by atoms with Gasteiger partial charge in [0.1, 0.15) is 0 Å². The van der Waals surface area contributed by atoms with E-state index in [4.69, 9.17) is 0 Å². The van der Waals surface area contributed by atoms with Crippen molar-refractivity contribution in [2.45, 2.75) is 46.0 Å². The summed E-state index contributed by atoms with van der Waals surface area (Å²) in [6.07, 6.45) is 5.55. The van der Waals surface area contributed by atoms with Gasteiger partial charge in [-0.25, -0.2) is 0 Å². The predicted molar refractivity (Wildman–Crippen MR) is 78.2 cm³/mol. The molecule has 0 amide bonds. The lowest BCUT2D eigenvalue weighted by molar-refractivity contribution is 0.00569. The average Bonchev–Trinajstić information content (AvgIpc) is 2.89. The van der Waals surface area contributed by atoms with Gasteiger partial charge < -0.3 is 10.2 Å². The fourth-order valence-corrected chi connectivity index (χ4v) is 3.68. The Labute approximate surface area is 116 Å². The number of hydrogen-bond acceptors (Lipinski definition) is 2. The van der Waals surface area contributed by atoms with Gasteiger partial charge in [0.05, 0.1) is 13.2 Å². The second kappa shape index (κ2) is 6.06. The number of hydrogen-bond donors (Lipinski definition) is 2. The molecular weight excluding hydrogens is 236 g/mol. The maximum atomic E-state index is 9.88. The van der Waals surface area contributed by atoms with Gasteiger partial charge in [-0.05, 0) is 44.6 Å². The van der Waals surface area contributed by atoms with E-state index in [0.29, 0.717) is 5.92 Å². The van der Waals surface area contributed by atoms with E-state index in [1.54, 1.807) is 0 Å². The zero-order valence-electron chi connectivity index (χ0n) is 12.2. The molecule has 1 saturated carbocycles. The van der Waals surface area contributed by atoms with Gasteiger partial charge in [-0.3, -0.25) is 0 Å². The molecule has 1 fully saturated rings. The van der Waals surface area contributed by atoms with Crippen LogP contribution in [0, 0.1) is 25.2 Å². The Kier molecular flexibility index (Phi) is 4.64. The number of aliphatic hydroxyl groups excluding tert-OH is 2. The average molecular weight is 262 g/mol. The molecule has 1 aromatic rings. The van der Waals surface area contributed by atoms with Crippen molar-refractivity contribution < 1.29 is 10.2 Å². The van der Waals surface area contributed by atoms with Gasteiger partial charge in [0.2, 0.25) is 0 Å². The molecule has 19 heavy (non-hydrogen) atoms. The molecule has 0 atom stereocenters. The molecule has 0 aromatic heterocycles. The highest BCUT2D eigenvalue weighted by molar-refractivity contribution is 5.29. The Morgan fingerprint density at radius 3 is 2.00 bits per heavy atom. The van der Waals surface area contributed by atoms with Crippen LogP contribution in [0.3, 0.4) is 0 Å². The molecule has 2 nitrogen and oxygen atoms in total. The number of aliphatic hydroxyl groups is 2. The molecule has 0 aliphatic heterocycles. The number of benzene rings is 1. The fraction of sp³-hybridized carbons (Fsp3) is 0.647. The van der Waals surface area contributed by atoms with E-state index in [-0.39, 0.29) is 18.6 Å². The van der Waals surface area contributed by atoms with E-state index in [1.165, 1.54) is 29.5 Å². The second-order valence-electron chi connectivity index (χ2n) is 6.33. The Morgan fingerprint density at radius 1 is 1.00 bits per heavy atom. The lowest BCUT2D eigenvalue weighted by atomic mass is 9.71. The van der Waals surface area contributed by atoms with Crippen molar-refractivity contribution in [2.75, 3.05) is 13.2 Å². The smallest absolute Gasteiger partial charge is 0.0515 e. The highest BCUT2D eigenvalue weighted by atomic mass is 16.3. The first-order valence-electron chi connectivity index (χ1n) is 7.38. The van der Waals surface area contributed by atoms with E-state index in [9.17, 15) is 10.2 Å². The summed E-state index contributed by atoms with van der Waals surface area (Å²) in [5, 5.41) is 19.8. The molecular formula is C17H26O2. The van der Waals surface area contributed by atoms with Crippen molar-refractivity contribution in [3.8, 4) is 0 Å². The molecule has 1 aliphatic carbocycles. The standard InChI is InChI=1S/C17H26O2/c1-13-7-14(2)9-15(8-13)10-17(11-18,12-19)16-5-3-4-6-16/h7-9,16,18-19H,3-6,10-12H2,1-2H3. The molecule has 0 heterocycles. The summed E-state index contributed by atoms with van der Waals surface area (Å²) in [4.78, 5) is 0. The van der Waals surface area contributed by atoms with Gasteiger partial charge >= 0.3 is 0 Å². The van der Waals surface area contributed by atoms with Crippen LogP contribution in [-0.2, 0) is 6.42 Å². The normalized spacial score (nSPS) is 17.1. The highest BCUT2D eigenvalue weighted by Gasteiger charge is 2.39. The summed E-state index contributed by atoms with van der Waals surface area (Å²) < 4.78 is 0. The molecule has 106 valence electrons. The van der Waals surface area contributed by atoms with Crippen molar-refractivity contribution in [1.82, 2.24) is 0 Å². The molecule has 1 aliphatic rings. The minimum Gasteiger partial charge on any atom is -0.396 e. The third-order valence-corrected chi connectivity index (χ3v) is 4.69. The topological polar surface area (TPSA) is 40.5 Å². The molecule has 0 spiro atoms. The second-order valence-corrected chi connectivity index (χ2v) is 6.33. The molecule has 0 bridgehead atoms. The van der Waals surface area contributed by atoms with Crippen molar-refractivity contribution >= 4 is 0 Å². The SMILES string of the molecule is Cc1cc(C)cc(CC(CO)(CO)C2CCCC2)c1. The molecule has 1 aromatic carbocycles. The summed E-state index contributed by atoms with van der Waals surface area (Å²) in [6.45, 7) is 4.37.